The first-order chi connectivity index (χ1) is 5.65. The fraction of sp³-hybridized carbons (Fsp3) is 0.111. The van der Waals surface area contributed by atoms with Crippen molar-refractivity contribution in [3.63, 3.8) is 0 Å². The first-order valence-electron chi connectivity index (χ1n) is 3.32. The van der Waals surface area contributed by atoms with Crippen LogP contribution in [0.4, 0.5) is 8.78 Å². The molecule has 0 saturated heterocycles. The molecule has 1 nitrogen and oxygen atoms in total. The van der Waals surface area contributed by atoms with Gasteiger partial charge >= 0.3 is 0 Å². The quantitative estimate of drug-likeness (QED) is 0.631. The molecular formula is C9H7F2N. The van der Waals surface area contributed by atoms with Crippen molar-refractivity contribution in [3.8, 4) is 12.3 Å². The molecule has 12 heavy (non-hydrogen) atoms. The third-order valence-electron chi connectivity index (χ3n) is 1.48. The number of nitrogens with two attached hydrogens (primary N) is 1. The minimum absolute atomic E-state index is 0.138. The van der Waals surface area contributed by atoms with E-state index in [9.17, 15) is 8.78 Å². The second kappa shape index (κ2) is 3.33. The van der Waals surface area contributed by atoms with Gasteiger partial charge in [0.1, 0.15) is 11.6 Å². The highest BCUT2D eigenvalue weighted by Crippen LogP contribution is 2.14. The van der Waals surface area contributed by atoms with Crippen LogP contribution in [0.5, 0.6) is 0 Å². The highest BCUT2D eigenvalue weighted by molar-refractivity contribution is 5.27. The summed E-state index contributed by atoms with van der Waals surface area (Å²) in [5.41, 5.74) is 5.48. The van der Waals surface area contributed by atoms with Gasteiger partial charge < -0.3 is 5.73 Å². The number of hydrogen-bond donors (Lipinski definition) is 1. The Labute approximate surface area is 69.2 Å². The molecule has 1 aromatic carbocycles. The van der Waals surface area contributed by atoms with Crippen LogP contribution >= 0.6 is 0 Å². The van der Waals surface area contributed by atoms with Crippen molar-refractivity contribution < 1.29 is 8.78 Å². The molecule has 3 heteroatoms. The lowest BCUT2D eigenvalue weighted by Crippen LogP contribution is -2.09. The number of hydrogen-bond acceptors (Lipinski definition) is 1. The average Bonchev–Trinajstić information content (AvgIpc) is 2.03. The third-order valence-corrected chi connectivity index (χ3v) is 1.48. The Morgan fingerprint density at radius 1 is 1.42 bits per heavy atom. The van der Waals surface area contributed by atoms with Crippen LogP contribution in [-0.4, -0.2) is 0 Å². The number of benzene rings is 1. The molecule has 0 spiro atoms. The monoisotopic (exact) mass is 167 g/mol. The molecule has 1 rings (SSSR count). The lowest BCUT2D eigenvalue weighted by molar-refractivity contribution is 0.569. The third kappa shape index (κ3) is 1.60. The molecule has 0 heterocycles. The Morgan fingerprint density at radius 3 is 2.58 bits per heavy atom. The molecule has 0 aromatic heterocycles. The van der Waals surface area contributed by atoms with E-state index >= 15 is 0 Å². The largest absolute Gasteiger partial charge is 0.314 e. The predicted molar refractivity (Wildman–Crippen MR) is 42.1 cm³/mol. The molecule has 0 amide bonds. The van der Waals surface area contributed by atoms with E-state index in [2.05, 4.69) is 5.92 Å². The van der Waals surface area contributed by atoms with E-state index in [0.29, 0.717) is 0 Å². The van der Waals surface area contributed by atoms with Crippen molar-refractivity contribution in [1.29, 1.82) is 0 Å². The highest BCUT2D eigenvalue weighted by atomic mass is 19.1. The second-order valence-corrected chi connectivity index (χ2v) is 2.31. The molecule has 2 N–H and O–H groups in total. The van der Waals surface area contributed by atoms with Gasteiger partial charge in [-0.15, -0.1) is 6.42 Å². The maximum atomic E-state index is 12.9. The van der Waals surface area contributed by atoms with Crippen molar-refractivity contribution in [3.05, 3.63) is 35.4 Å². The van der Waals surface area contributed by atoms with Crippen LogP contribution in [0.15, 0.2) is 18.2 Å². The van der Waals surface area contributed by atoms with E-state index in [4.69, 9.17) is 12.2 Å². The van der Waals surface area contributed by atoms with Crippen molar-refractivity contribution in [2.75, 3.05) is 0 Å². The lowest BCUT2D eigenvalue weighted by Gasteiger charge is -2.05. The van der Waals surface area contributed by atoms with Gasteiger partial charge in [-0.25, -0.2) is 8.78 Å². The van der Waals surface area contributed by atoms with Crippen molar-refractivity contribution >= 4 is 0 Å². The summed E-state index contributed by atoms with van der Waals surface area (Å²) in [7, 11) is 0. The first-order valence-corrected chi connectivity index (χ1v) is 3.32. The number of halogens is 2. The van der Waals surface area contributed by atoms with Crippen LogP contribution in [0.3, 0.4) is 0 Å². The van der Waals surface area contributed by atoms with Gasteiger partial charge in [-0.05, 0) is 6.07 Å². The predicted octanol–water partition coefficient (Wildman–Crippen LogP) is 1.60. The molecule has 0 aliphatic heterocycles. The highest BCUT2D eigenvalue weighted by Gasteiger charge is 2.08. The zero-order chi connectivity index (χ0) is 9.14. The first kappa shape index (κ1) is 8.69. The Hall–Kier alpha value is -1.40. The molecule has 0 bridgehead atoms. The van der Waals surface area contributed by atoms with E-state index in [1.165, 1.54) is 6.07 Å². The van der Waals surface area contributed by atoms with Crippen molar-refractivity contribution in [2.45, 2.75) is 6.04 Å². The standard InChI is InChI=1S/C9H7F2N/c1-2-9(12)7-4-3-6(10)5-8(7)11/h1,3-5,9H,12H2. The molecule has 0 saturated carbocycles. The smallest absolute Gasteiger partial charge is 0.131 e. The van der Waals surface area contributed by atoms with Crippen LogP contribution in [0.2, 0.25) is 0 Å². The molecule has 1 unspecified atom stereocenters. The maximum Gasteiger partial charge on any atom is 0.131 e. The summed E-state index contributed by atoms with van der Waals surface area (Å²) in [4.78, 5) is 0. The zero-order valence-electron chi connectivity index (χ0n) is 6.22. The molecule has 0 aliphatic carbocycles. The summed E-state index contributed by atoms with van der Waals surface area (Å²) in [5, 5.41) is 0. The summed E-state index contributed by atoms with van der Waals surface area (Å²) in [6, 6.07) is 2.31. The Morgan fingerprint density at radius 2 is 2.08 bits per heavy atom. The van der Waals surface area contributed by atoms with Gasteiger partial charge in [-0.2, -0.15) is 0 Å². The fourth-order valence-corrected chi connectivity index (χ4v) is 0.844. The lowest BCUT2D eigenvalue weighted by atomic mass is 10.1. The Bertz CT molecular complexity index is 328. The summed E-state index contributed by atoms with van der Waals surface area (Å²) < 4.78 is 25.3. The fourth-order valence-electron chi connectivity index (χ4n) is 0.844. The maximum absolute atomic E-state index is 12.9. The molecule has 0 radical (unpaired) electrons. The number of rotatable bonds is 1. The van der Waals surface area contributed by atoms with Gasteiger partial charge in [-0.3, -0.25) is 0 Å². The molecule has 62 valence electrons. The van der Waals surface area contributed by atoms with Crippen molar-refractivity contribution in [1.82, 2.24) is 0 Å². The van der Waals surface area contributed by atoms with Gasteiger partial charge in [0.15, 0.2) is 0 Å². The van der Waals surface area contributed by atoms with E-state index in [-0.39, 0.29) is 5.56 Å². The van der Waals surface area contributed by atoms with Crippen LogP contribution in [0, 0.1) is 24.0 Å². The summed E-state index contributed by atoms with van der Waals surface area (Å²) in [5.74, 6) is 0.810. The average molecular weight is 167 g/mol. The second-order valence-electron chi connectivity index (χ2n) is 2.31. The van der Waals surface area contributed by atoms with E-state index in [0.717, 1.165) is 12.1 Å². The molecular weight excluding hydrogens is 160 g/mol. The van der Waals surface area contributed by atoms with Crippen LogP contribution < -0.4 is 5.73 Å². The van der Waals surface area contributed by atoms with Crippen LogP contribution in [0.1, 0.15) is 11.6 Å². The summed E-state index contributed by atoms with van der Waals surface area (Å²) in [6.45, 7) is 0. The van der Waals surface area contributed by atoms with E-state index < -0.39 is 17.7 Å². The molecule has 1 atom stereocenters. The Kier molecular flexibility index (Phi) is 2.41. The van der Waals surface area contributed by atoms with Gasteiger partial charge in [0.25, 0.3) is 0 Å². The normalized spacial score (nSPS) is 12.2. The summed E-state index contributed by atoms with van der Waals surface area (Å²) >= 11 is 0. The van der Waals surface area contributed by atoms with Gasteiger partial charge in [0.2, 0.25) is 0 Å². The SMILES string of the molecule is C#CC(N)c1ccc(F)cc1F. The topological polar surface area (TPSA) is 26.0 Å². The minimum atomic E-state index is -0.814. The minimum Gasteiger partial charge on any atom is -0.314 e. The van der Waals surface area contributed by atoms with Crippen molar-refractivity contribution in [2.24, 2.45) is 5.73 Å². The van der Waals surface area contributed by atoms with Crippen LogP contribution in [0.25, 0.3) is 0 Å². The zero-order valence-corrected chi connectivity index (χ0v) is 6.22. The van der Waals surface area contributed by atoms with E-state index in [1.807, 2.05) is 0 Å². The molecule has 1 aromatic rings. The van der Waals surface area contributed by atoms with Crippen LogP contribution in [-0.2, 0) is 0 Å². The Balaban J connectivity index is 3.11. The molecule has 0 aliphatic rings. The number of terminal acetylenes is 1. The van der Waals surface area contributed by atoms with E-state index in [1.54, 1.807) is 0 Å². The van der Waals surface area contributed by atoms with Gasteiger partial charge in [-0.1, -0.05) is 12.0 Å². The molecule has 0 fully saturated rings. The van der Waals surface area contributed by atoms with Gasteiger partial charge in [0.05, 0.1) is 6.04 Å². The summed E-state index contributed by atoms with van der Waals surface area (Å²) in [6.07, 6.45) is 4.98. The van der Waals surface area contributed by atoms with Gasteiger partial charge in [0, 0.05) is 11.6 Å².